The molecule has 1 saturated heterocycles. The van der Waals surface area contributed by atoms with E-state index in [0.717, 1.165) is 10.0 Å². The van der Waals surface area contributed by atoms with Gasteiger partial charge in [0, 0.05) is 34.7 Å². The summed E-state index contributed by atoms with van der Waals surface area (Å²) < 4.78 is 38.5. The number of rotatable bonds is 6. The molecule has 12 heteroatoms. The lowest BCUT2D eigenvalue weighted by molar-refractivity contribution is -0.192. The van der Waals surface area contributed by atoms with Crippen molar-refractivity contribution in [3.63, 3.8) is 0 Å². The van der Waals surface area contributed by atoms with E-state index in [0.29, 0.717) is 42.6 Å². The molecule has 0 bridgehead atoms. The summed E-state index contributed by atoms with van der Waals surface area (Å²) >= 11 is 9.32. The Bertz CT molecular complexity index is 921. The van der Waals surface area contributed by atoms with Gasteiger partial charge in [-0.15, -0.1) is 0 Å². The highest BCUT2D eigenvalue weighted by atomic mass is 79.9. The van der Waals surface area contributed by atoms with Gasteiger partial charge in [0.15, 0.2) is 0 Å². The Kier molecular flexibility index (Phi) is 9.95. The van der Waals surface area contributed by atoms with Crippen LogP contribution in [0.15, 0.2) is 46.9 Å². The number of hydrogen-bond acceptors (Lipinski definition) is 6. The van der Waals surface area contributed by atoms with Gasteiger partial charge >= 0.3 is 12.1 Å². The maximum atomic E-state index is 10.7. The lowest BCUT2D eigenvalue weighted by Gasteiger charge is -2.22. The van der Waals surface area contributed by atoms with Crippen LogP contribution >= 0.6 is 27.5 Å². The van der Waals surface area contributed by atoms with Crippen molar-refractivity contribution < 1.29 is 43.1 Å². The second-order valence-corrected chi connectivity index (χ2v) is 8.62. The number of aliphatic hydroxyl groups is 3. The van der Waals surface area contributed by atoms with Gasteiger partial charge in [-0.2, -0.15) is 13.2 Å². The number of carboxylic acids is 1. The maximum Gasteiger partial charge on any atom is 0.490 e. The van der Waals surface area contributed by atoms with E-state index >= 15 is 0 Å². The second-order valence-electron chi connectivity index (χ2n) is 7.27. The monoisotopic (exact) mass is 555 g/mol. The normalized spacial score (nSPS) is 19.5. The maximum absolute atomic E-state index is 10.7. The van der Waals surface area contributed by atoms with Crippen molar-refractivity contribution >= 4 is 33.5 Å². The molecule has 1 heterocycles. The number of carboxylic acid groups (broad SMARTS) is 1. The lowest BCUT2D eigenvalue weighted by Crippen LogP contribution is -2.27. The van der Waals surface area contributed by atoms with Gasteiger partial charge in [-0.05, 0) is 35.9 Å². The zero-order valence-electron chi connectivity index (χ0n) is 17.0. The Balaban J connectivity index is 0.000000479. The predicted octanol–water partition coefficient (Wildman–Crippen LogP) is 3.39. The third-order valence-corrected chi connectivity index (χ3v) is 5.39. The zero-order valence-corrected chi connectivity index (χ0v) is 19.4. The smallest absolute Gasteiger partial charge is 0.489 e. The molecule has 7 nitrogen and oxygen atoms in total. The summed E-state index contributed by atoms with van der Waals surface area (Å²) in [6, 6.07) is 12.9. The first-order valence-electron chi connectivity index (χ1n) is 9.60. The number of aliphatic hydroxyl groups excluding tert-OH is 3. The standard InChI is InChI=1S/C19H21BrClNO4.C2HF3O2/c20-13-3-6-19(26-11-12-1-4-14(21)5-2-12)15(7-13)16(23)8-22-9-17(24)18(25)10-22;3-2(4,5)1(6)7/h1-7,16-18,23-25H,8-11H2;(H,6,7). The van der Waals surface area contributed by atoms with Crippen molar-refractivity contribution in [1.29, 1.82) is 0 Å². The molecule has 3 atom stereocenters. The van der Waals surface area contributed by atoms with Crippen LogP contribution in [0.5, 0.6) is 5.75 Å². The Labute approximate surface area is 201 Å². The van der Waals surface area contributed by atoms with Gasteiger partial charge in [-0.1, -0.05) is 39.7 Å². The molecule has 2 aromatic carbocycles. The quantitative estimate of drug-likeness (QED) is 0.432. The number of benzene rings is 2. The SMILES string of the molecule is O=C(O)C(F)(F)F.OC(CN1CC(O)C(O)C1)c1cc(Br)ccc1OCc1ccc(Cl)cc1. The number of nitrogens with zero attached hydrogens (tertiary/aromatic N) is 1. The highest BCUT2D eigenvalue weighted by Gasteiger charge is 2.38. The van der Waals surface area contributed by atoms with Gasteiger partial charge in [-0.3, -0.25) is 4.90 Å². The number of β-amino-alcohol motifs (C(OH)–C–C–N with tert-alkyl or cyclic N) is 3. The van der Waals surface area contributed by atoms with Crippen molar-refractivity contribution in [3.8, 4) is 5.75 Å². The molecule has 0 amide bonds. The third kappa shape index (κ3) is 8.76. The van der Waals surface area contributed by atoms with Crippen LogP contribution in [0.3, 0.4) is 0 Å². The van der Waals surface area contributed by atoms with Crippen molar-refractivity contribution in [1.82, 2.24) is 4.90 Å². The number of halogens is 5. The first-order valence-corrected chi connectivity index (χ1v) is 10.8. The molecule has 3 rings (SSSR count). The highest BCUT2D eigenvalue weighted by Crippen LogP contribution is 2.30. The van der Waals surface area contributed by atoms with Crippen LogP contribution in [0.2, 0.25) is 5.02 Å². The fourth-order valence-corrected chi connectivity index (χ4v) is 3.50. The molecule has 0 saturated carbocycles. The van der Waals surface area contributed by atoms with Crippen LogP contribution in [0.25, 0.3) is 0 Å². The van der Waals surface area contributed by atoms with E-state index in [2.05, 4.69) is 15.9 Å². The molecule has 1 fully saturated rings. The number of likely N-dealkylation sites (tertiary alicyclic amines) is 1. The number of carbonyl (C=O) groups is 1. The molecule has 1 aliphatic heterocycles. The van der Waals surface area contributed by atoms with Gasteiger partial charge in [0.25, 0.3) is 0 Å². The number of ether oxygens (including phenoxy) is 1. The minimum atomic E-state index is -5.08. The second kappa shape index (κ2) is 12.0. The molecule has 3 unspecified atom stereocenters. The van der Waals surface area contributed by atoms with Crippen molar-refractivity contribution in [2.75, 3.05) is 19.6 Å². The molecule has 1 aliphatic rings. The topological polar surface area (TPSA) is 110 Å². The third-order valence-electron chi connectivity index (χ3n) is 4.65. The fourth-order valence-electron chi connectivity index (χ4n) is 2.99. The summed E-state index contributed by atoms with van der Waals surface area (Å²) in [5, 5.41) is 37.8. The number of hydrogen-bond donors (Lipinski definition) is 4. The minimum Gasteiger partial charge on any atom is -0.489 e. The van der Waals surface area contributed by atoms with Gasteiger partial charge in [0.05, 0.1) is 18.3 Å². The average Bonchev–Trinajstić information content (AvgIpc) is 3.04. The van der Waals surface area contributed by atoms with Crippen LogP contribution in [-0.2, 0) is 11.4 Å². The molecule has 0 radical (unpaired) electrons. The molecule has 0 aromatic heterocycles. The summed E-state index contributed by atoms with van der Waals surface area (Å²) in [6.07, 6.45) is -7.43. The molecule has 0 spiro atoms. The number of aliphatic carboxylic acids is 1. The summed E-state index contributed by atoms with van der Waals surface area (Å²) in [7, 11) is 0. The molecule has 182 valence electrons. The largest absolute Gasteiger partial charge is 0.490 e. The van der Waals surface area contributed by atoms with E-state index in [9.17, 15) is 28.5 Å². The first kappa shape index (κ1) is 27.4. The predicted molar refractivity (Wildman–Crippen MR) is 117 cm³/mol. The van der Waals surface area contributed by atoms with E-state index < -0.39 is 30.5 Å². The minimum absolute atomic E-state index is 0.307. The van der Waals surface area contributed by atoms with Gasteiger partial charge in [-0.25, -0.2) is 4.79 Å². The van der Waals surface area contributed by atoms with Crippen LogP contribution in [-0.4, -0.2) is 69.3 Å². The Morgan fingerprint density at radius 1 is 1.15 bits per heavy atom. The summed E-state index contributed by atoms with van der Waals surface area (Å²) in [5.41, 5.74) is 1.63. The van der Waals surface area contributed by atoms with E-state index in [4.69, 9.17) is 26.2 Å². The van der Waals surface area contributed by atoms with Crippen molar-refractivity contribution in [2.45, 2.75) is 31.1 Å². The van der Waals surface area contributed by atoms with E-state index in [1.165, 1.54) is 0 Å². The molecule has 33 heavy (non-hydrogen) atoms. The van der Waals surface area contributed by atoms with Gasteiger partial charge in [0.2, 0.25) is 0 Å². The highest BCUT2D eigenvalue weighted by molar-refractivity contribution is 9.10. The Morgan fingerprint density at radius 2 is 1.70 bits per heavy atom. The average molecular weight is 557 g/mol. The van der Waals surface area contributed by atoms with Crippen LogP contribution in [0.4, 0.5) is 13.2 Å². The van der Waals surface area contributed by atoms with E-state index in [1.54, 1.807) is 0 Å². The summed E-state index contributed by atoms with van der Waals surface area (Å²) in [6.45, 7) is 1.35. The first-order chi connectivity index (χ1) is 15.4. The van der Waals surface area contributed by atoms with Crippen molar-refractivity contribution in [3.05, 3.63) is 63.1 Å². The lowest BCUT2D eigenvalue weighted by atomic mass is 10.1. The zero-order chi connectivity index (χ0) is 24.8. The number of alkyl halides is 3. The van der Waals surface area contributed by atoms with Gasteiger partial charge in [0.1, 0.15) is 12.4 Å². The molecule has 4 N–H and O–H groups in total. The van der Waals surface area contributed by atoms with Crippen LogP contribution in [0.1, 0.15) is 17.2 Å². The van der Waals surface area contributed by atoms with E-state index in [-0.39, 0.29) is 0 Å². The Morgan fingerprint density at radius 3 is 2.21 bits per heavy atom. The van der Waals surface area contributed by atoms with Crippen molar-refractivity contribution in [2.24, 2.45) is 0 Å². The van der Waals surface area contributed by atoms with Crippen LogP contribution < -0.4 is 4.74 Å². The molecular weight excluding hydrogens is 535 g/mol. The summed E-state index contributed by atoms with van der Waals surface area (Å²) in [5.74, 6) is -2.16. The van der Waals surface area contributed by atoms with Crippen LogP contribution in [0, 0.1) is 0 Å². The van der Waals surface area contributed by atoms with E-state index in [1.807, 2.05) is 47.4 Å². The fraction of sp³-hybridized carbons (Fsp3) is 0.381. The Hall–Kier alpha value is -1.89. The summed E-state index contributed by atoms with van der Waals surface area (Å²) in [4.78, 5) is 10.7. The van der Waals surface area contributed by atoms with Gasteiger partial charge < -0.3 is 25.2 Å². The molecule has 0 aliphatic carbocycles. The molecular formula is C21H22BrClF3NO6. The molecule has 2 aromatic rings.